The van der Waals surface area contributed by atoms with Gasteiger partial charge in [0.25, 0.3) is 0 Å². The van der Waals surface area contributed by atoms with E-state index in [0.717, 1.165) is 45.8 Å². The standard InChI is InChI=1S/C16H26N4O4.HI/c1-2-23-15(21)14-5-4-13(24-14)12-19-16(17)18-6-3-7-20-8-10-22-11-9-20;/h4-5H,2-3,6-12H2,1H3,(H3,17,18,19);1H. The van der Waals surface area contributed by atoms with Crippen molar-refractivity contribution in [1.82, 2.24) is 10.2 Å². The van der Waals surface area contributed by atoms with Gasteiger partial charge >= 0.3 is 5.97 Å². The fourth-order valence-corrected chi connectivity index (χ4v) is 2.34. The molecule has 8 nitrogen and oxygen atoms in total. The van der Waals surface area contributed by atoms with E-state index in [-0.39, 0.29) is 36.3 Å². The van der Waals surface area contributed by atoms with Crippen LogP contribution in [-0.2, 0) is 16.0 Å². The second-order valence-electron chi connectivity index (χ2n) is 5.42. The van der Waals surface area contributed by atoms with Gasteiger partial charge in [0.1, 0.15) is 12.3 Å². The molecular formula is C16H27IN4O4. The van der Waals surface area contributed by atoms with Crippen molar-refractivity contribution in [3.63, 3.8) is 0 Å². The van der Waals surface area contributed by atoms with Crippen molar-refractivity contribution in [2.75, 3.05) is 46.0 Å². The summed E-state index contributed by atoms with van der Waals surface area (Å²) in [5.41, 5.74) is 5.83. The van der Waals surface area contributed by atoms with Crippen molar-refractivity contribution in [3.8, 4) is 0 Å². The van der Waals surface area contributed by atoms with Crippen LogP contribution in [0, 0.1) is 0 Å². The zero-order valence-electron chi connectivity index (χ0n) is 14.5. The quantitative estimate of drug-likeness (QED) is 0.195. The Hall–Kier alpha value is -1.33. The lowest BCUT2D eigenvalue weighted by atomic mass is 10.3. The summed E-state index contributed by atoms with van der Waals surface area (Å²) in [6.07, 6.45) is 0.990. The Balaban J connectivity index is 0.00000312. The van der Waals surface area contributed by atoms with Gasteiger partial charge in [-0.15, -0.1) is 24.0 Å². The van der Waals surface area contributed by atoms with Gasteiger partial charge in [0.15, 0.2) is 5.96 Å². The Bertz CT molecular complexity index is 544. The van der Waals surface area contributed by atoms with Gasteiger partial charge in [0.05, 0.1) is 19.8 Å². The molecule has 25 heavy (non-hydrogen) atoms. The molecule has 1 aliphatic rings. The maximum atomic E-state index is 11.5. The number of aliphatic imine (C=N–C) groups is 1. The number of hydrogen-bond donors (Lipinski definition) is 2. The zero-order chi connectivity index (χ0) is 17.2. The van der Waals surface area contributed by atoms with Crippen molar-refractivity contribution in [3.05, 3.63) is 23.7 Å². The molecule has 2 heterocycles. The van der Waals surface area contributed by atoms with E-state index in [1.807, 2.05) is 0 Å². The summed E-state index contributed by atoms with van der Waals surface area (Å²) in [5.74, 6) is 0.642. The van der Waals surface area contributed by atoms with E-state index in [1.165, 1.54) is 0 Å². The van der Waals surface area contributed by atoms with Crippen LogP contribution < -0.4 is 11.1 Å². The van der Waals surface area contributed by atoms with Crippen LogP contribution in [-0.4, -0.2) is 62.8 Å². The summed E-state index contributed by atoms with van der Waals surface area (Å²) >= 11 is 0. The van der Waals surface area contributed by atoms with Crippen molar-refractivity contribution in [1.29, 1.82) is 0 Å². The highest BCUT2D eigenvalue weighted by Crippen LogP contribution is 2.10. The summed E-state index contributed by atoms with van der Waals surface area (Å²) in [7, 11) is 0. The van der Waals surface area contributed by atoms with E-state index in [9.17, 15) is 4.79 Å². The molecule has 0 aliphatic carbocycles. The van der Waals surface area contributed by atoms with E-state index in [1.54, 1.807) is 19.1 Å². The fraction of sp³-hybridized carbons (Fsp3) is 0.625. The van der Waals surface area contributed by atoms with E-state index in [0.29, 0.717) is 18.3 Å². The molecule has 2 rings (SSSR count). The minimum atomic E-state index is -0.470. The van der Waals surface area contributed by atoms with Gasteiger partial charge in [-0.25, -0.2) is 9.79 Å². The van der Waals surface area contributed by atoms with Crippen LogP contribution >= 0.6 is 24.0 Å². The molecule has 0 unspecified atom stereocenters. The lowest BCUT2D eigenvalue weighted by molar-refractivity contribution is 0.0376. The van der Waals surface area contributed by atoms with Crippen LogP contribution in [0.15, 0.2) is 21.5 Å². The number of rotatable bonds is 8. The van der Waals surface area contributed by atoms with E-state index < -0.39 is 5.97 Å². The van der Waals surface area contributed by atoms with Gasteiger partial charge < -0.3 is 24.9 Å². The first-order valence-corrected chi connectivity index (χ1v) is 8.28. The number of guanidine groups is 1. The monoisotopic (exact) mass is 466 g/mol. The molecule has 0 spiro atoms. The zero-order valence-corrected chi connectivity index (χ0v) is 16.9. The minimum absolute atomic E-state index is 0. The molecule has 9 heteroatoms. The average molecular weight is 466 g/mol. The predicted molar refractivity (Wildman–Crippen MR) is 105 cm³/mol. The van der Waals surface area contributed by atoms with Crippen LogP contribution in [0.4, 0.5) is 0 Å². The highest BCUT2D eigenvalue weighted by atomic mass is 127. The minimum Gasteiger partial charge on any atom is -0.460 e. The summed E-state index contributed by atoms with van der Waals surface area (Å²) in [6.45, 7) is 7.73. The van der Waals surface area contributed by atoms with E-state index in [2.05, 4.69) is 15.2 Å². The number of hydrogen-bond acceptors (Lipinski definition) is 6. The van der Waals surface area contributed by atoms with Gasteiger partial charge in [0.2, 0.25) is 5.76 Å². The number of ether oxygens (including phenoxy) is 2. The lowest BCUT2D eigenvalue weighted by Crippen LogP contribution is -2.39. The largest absolute Gasteiger partial charge is 0.460 e. The predicted octanol–water partition coefficient (Wildman–Crippen LogP) is 1.20. The van der Waals surface area contributed by atoms with Crippen molar-refractivity contribution < 1.29 is 18.7 Å². The van der Waals surface area contributed by atoms with Crippen molar-refractivity contribution in [2.24, 2.45) is 10.7 Å². The highest BCUT2D eigenvalue weighted by Gasteiger charge is 2.12. The first-order valence-electron chi connectivity index (χ1n) is 8.28. The number of carbonyl (C=O) groups excluding carboxylic acids is 1. The molecule has 142 valence electrons. The summed E-state index contributed by atoms with van der Waals surface area (Å²) in [5, 5.41) is 3.08. The molecule has 1 saturated heterocycles. The number of furan rings is 1. The third-order valence-corrected chi connectivity index (χ3v) is 3.60. The molecule has 1 aromatic heterocycles. The molecule has 0 radical (unpaired) electrons. The smallest absolute Gasteiger partial charge is 0.374 e. The molecule has 0 bridgehead atoms. The second-order valence-corrected chi connectivity index (χ2v) is 5.42. The highest BCUT2D eigenvalue weighted by molar-refractivity contribution is 14.0. The lowest BCUT2D eigenvalue weighted by Gasteiger charge is -2.26. The van der Waals surface area contributed by atoms with Crippen LogP contribution in [0.25, 0.3) is 0 Å². The SMILES string of the molecule is CCOC(=O)c1ccc(CN=C(N)NCCCN2CCOCC2)o1.I. The molecule has 0 saturated carbocycles. The van der Waals surface area contributed by atoms with Crippen LogP contribution in [0.1, 0.15) is 29.7 Å². The Kier molecular flexibility index (Phi) is 10.5. The van der Waals surface area contributed by atoms with Crippen molar-refractivity contribution in [2.45, 2.75) is 19.9 Å². The Morgan fingerprint density at radius 3 is 2.88 bits per heavy atom. The normalized spacial score (nSPS) is 15.5. The van der Waals surface area contributed by atoms with E-state index in [4.69, 9.17) is 19.6 Å². The van der Waals surface area contributed by atoms with Gasteiger partial charge in [-0.3, -0.25) is 4.90 Å². The second kappa shape index (κ2) is 12.1. The third-order valence-electron chi connectivity index (χ3n) is 3.60. The summed E-state index contributed by atoms with van der Waals surface area (Å²) in [6, 6.07) is 3.27. The average Bonchev–Trinajstić information content (AvgIpc) is 3.07. The number of halogens is 1. The van der Waals surface area contributed by atoms with Gasteiger partial charge in [-0.1, -0.05) is 0 Å². The van der Waals surface area contributed by atoms with Crippen LogP contribution in [0.5, 0.6) is 0 Å². The maximum Gasteiger partial charge on any atom is 0.374 e. The molecule has 0 atom stereocenters. The molecule has 3 N–H and O–H groups in total. The van der Waals surface area contributed by atoms with Crippen LogP contribution in [0.3, 0.4) is 0 Å². The molecule has 1 aliphatic heterocycles. The number of morpholine rings is 1. The Morgan fingerprint density at radius 2 is 2.16 bits per heavy atom. The number of nitrogens with two attached hydrogens (primary N) is 1. The number of nitrogens with zero attached hydrogens (tertiary/aromatic N) is 2. The van der Waals surface area contributed by atoms with E-state index >= 15 is 0 Å². The fourth-order valence-electron chi connectivity index (χ4n) is 2.34. The van der Waals surface area contributed by atoms with Gasteiger partial charge in [-0.05, 0) is 32.0 Å². The Morgan fingerprint density at radius 1 is 1.40 bits per heavy atom. The summed E-state index contributed by atoms with van der Waals surface area (Å²) < 4.78 is 15.5. The number of carbonyl (C=O) groups is 1. The third kappa shape index (κ3) is 8.06. The first-order chi connectivity index (χ1) is 11.7. The molecule has 0 amide bonds. The number of nitrogens with one attached hydrogen (secondary N) is 1. The molecular weight excluding hydrogens is 439 g/mol. The first kappa shape index (κ1) is 21.7. The molecule has 0 aromatic carbocycles. The summed E-state index contributed by atoms with van der Waals surface area (Å²) in [4.78, 5) is 18.1. The molecule has 1 aromatic rings. The maximum absolute atomic E-state index is 11.5. The molecule has 1 fully saturated rings. The van der Waals surface area contributed by atoms with Gasteiger partial charge in [0, 0.05) is 19.6 Å². The van der Waals surface area contributed by atoms with Crippen LogP contribution in [0.2, 0.25) is 0 Å². The topological polar surface area (TPSA) is 102 Å². The van der Waals surface area contributed by atoms with Crippen molar-refractivity contribution >= 4 is 35.9 Å². The number of esters is 1. The Labute approximate surface area is 165 Å². The van der Waals surface area contributed by atoms with Gasteiger partial charge in [-0.2, -0.15) is 0 Å².